The van der Waals surface area contributed by atoms with Gasteiger partial charge in [-0.05, 0) is 73.6 Å². The van der Waals surface area contributed by atoms with Crippen LogP contribution in [0.15, 0.2) is 55.0 Å². The average Bonchev–Trinajstić information content (AvgIpc) is 3.45. The van der Waals surface area contributed by atoms with Crippen molar-refractivity contribution in [1.29, 1.82) is 0 Å². The predicted octanol–water partition coefficient (Wildman–Crippen LogP) is 5.58. The number of alkyl halides is 3. The molecule has 0 spiro atoms. The normalized spacial score (nSPS) is 21.5. The zero-order valence-electron chi connectivity index (χ0n) is 21.4. The Balaban J connectivity index is 1.17. The van der Waals surface area contributed by atoms with Crippen molar-refractivity contribution in [1.82, 2.24) is 24.8 Å². The summed E-state index contributed by atoms with van der Waals surface area (Å²) in [6, 6.07) is 8.98. The fourth-order valence-electron chi connectivity index (χ4n) is 6.32. The number of amides is 1. The molecule has 204 valence electrons. The predicted molar refractivity (Wildman–Crippen MR) is 141 cm³/mol. The molecule has 2 fully saturated rings. The fourth-order valence-corrected chi connectivity index (χ4v) is 6.32. The summed E-state index contributed by atoms with van der Waals surface area (Å²) in [4.78, 5) is 28.4. The summed E-state index contributed by atoms with van der Waals surface area (Å²) in [5.41, 5.74) is 2.34. The molecule has 1 aromatic carbocycles. The van der Waals surface area contributed by atoms with E-state index in [0.717, 1.165) is 73.9 Å². The smallest absolute Gasteiger partial charge is 0.416 e. The van der Waals surface area contributed by atoms with Crippen LogP contribution in [-0.4, -0.2) is 63.6 Å². The molecule has 1 N–H and O–H groups in total. The van der Waals surface area contributed by atoms with E-state index in [1.54, 1.807) is 6.20 Å². The Bertz CT molecular complexity index is 1450. The van der Waals surface area contributed by atoms with Crippen LogP contribution < -0.4 is 4.74 Å². The maximum atomic E-state index is 12.9. The van der Waals surface area contributed by atoms with E-state index in [-0.39, 0.29) is 12.1 Å². The molecular formula is C29H30F3N5O2. The minimum atomic E-state index is -4.38. The summed E-state index contributed by atoms with van der Waals surface area (Å²) >= 11 is 0. The molecule has 2 aliphatic rings. The molecule has 2 saturated heterocycles. The van der Waals surface area contributed by atoms with Gasteiger partial charge in [-0.3, -0.25) is 9.69 Å². The highest BCUT2D eigenvalue weighted by atomic mass is 19.4. The number of benzene rings is 1. The van der Waals surface area contributed by atoms with E-state index in [9.17, 15) is 18.0 Å². The second-order valence-corrected chi connectivity index (χ2v) is 10.5. The fraction of sp³-hybridized carbons (Fsp3) is 0.414. The Morgan fingerprint density at radius 1 is 1.03 bits per heavy atom. The maximum absolute atomic E-state index is 12.9. The lowest BCUT2D eigenvalue weighted by molar-refractivity contribution is -0.137. The molecule has 0 radical (unpaired) electrons. The summed E-state index contributed by atoms with van der Waals surface area (Å²) in [6.45, 7) is 2.71. The SMILES string of the molecule is O=CN1CCCC(COc2ccc(C(F)(F)F)cc2)C1N1CCC(c2cc[nH]c3cnc4nccc4c23)CC1. The van der Waals surface area contributed by atoms with Crippen molar-refractivity contribution in [3.05, 3.63) is 66.1 Å². The highest BCUT2D eigenvalue weighted by Gasteiger charge is 2.38. The number of fused-ring (bicyclic) bond motifs is 3. The van der Waals surface area contributed by atoms with Crippen LogP contribution in [0.1, 0.15) is 42.7 Å². The van der Waals surface area contributed by atoms with Crippen molar-refractivity contribution in [3.8, 4) is 5.75 Å². The molecule has 6 rings (SSSR count). The Morgan fingerprint density at radius 3 is 2.56 bits per heavy atom. The number of nitrogens with zero attached hydrogens (tertiary/aromatic N) is 4. The number of nitrogens with one attached hydrogen (secondary N) is 1. The molecule has 2 atom stereocenters. The van der Waals surface area contributed by atoms with Gasteiger partial charge in [-0.2, -0.15) is 13.2 Å². The molecule has 10 heteroatoms. The summed E-state index contributed by atoms with van der Waals surface area (Å²) in [5, 5.41) is 2.23. The molecule has 0 bridgehead atoms. The van der Waals surface area contributed by atoms with E-state index in [4.69, 9.17) is 4.74 Å². The highest BCUT2D eigenvalue weighted by Crippen LogP contribution is 2.38. The van der Waals surface area contributed by atoms with Gasteiger partial charge in [0.15, 0.2) is 5.65 Å². The van der Waals surface area contributed by atoms with Crippen molar-refractivity contribution in [2.45, 2.75) is 43.9 Å². The lowest BCUT2D eigenvalue weighted by Gasteiger charge is -2.47. The van der Waals surface area contributed by atoms with Crippen LogP contribution in [-0.2, 0) is 11.0 Å². The number of H-pyrrole nitrogens is 1. The largest absolute Gasteiger partial charge is 0.493 e. The standard InChI is InChI=1S/C29H30F3N5O2/c30-29(31,32)21-3-5-22(6-4-21)39-17-20-2-1-13-37(18-38)28(20)36-14-9-19(10-15-36)23-7-11-33-25-16-35-27-24(26(23)25)8-12-34-27/h3-8,11-12,16,18-20,28,33H,1-2,9-10,13-15,17H2. The van der Waals surface area contributed by atoms with Crippen molar-refractivity contribution < 1.29 is 22.7 Å². The van der Waals surface area contributed by atoms with E-state index < -0.39 is 11.7 Å². The second kappa shape index (κ2) is 10.5. The monoisotopic (exact) mass is 537 g/mol. The Kier molecular flexibility index (Phi) is 6.88. The Morgan fingerprint density at radius 2 is 1.82 bits per heavy atom. The van der Waals surface area contributed by atoms with Gasteiger partial charge in [-0.1, -0.05) is 0 Å². The Hall–Kier alpha value is -3.66. The van der Waals surface area contributed by atoms with E-state index in [2.05, 4.69) is 25.9 Å². The summed E-state index contributed by atoms with van der Waals surface area (Å²) in [5.74, 6) is 0.837. The van der Waals surface area contributed by atoms with Crippen molar-refractivity contribution in [3.63, 3.8) is 0 Å². The number of piperidine rings is 2. The number of rotatable bonds is 6. The van der Waals surface area contributed by atoms with Gasteiger partial charge in [-0.15, -0.1) is 0 Å². The van der Waals surface area contributed by atoms with Gasteiger partial charge in [0.2, 0.25) is 6.41 Å². The van der Waals surface area contributed by atoms with Gasteiger partial charge in [0.25, 0.3) is 0 Å². The number of ether oxygens (including phenoxy) is 1. The number of halogens is 3. The first-order valence-corrected chi connectivity index (χ1v) is 13.4. The zero-order chi connectivity index (χ0) is 27.0. The minimum Gasteiger partial charge on any atom is -0.493 e. The van der Waals surface area contributed by atoms with Gasteiger partial charge < -0.3 is 14.6 Å². The number of pyridine rings is 2. The van der Waals surface area contributed by atoms with E-state index in [0.29, 0.717) is 24.8 Å². The summed E-state index contributed by atoms with van der Waals surface area (Å²) in [7, 11) is 0. The molecular weight excluding hydrogens is 507 g/mol. The summed E-state index contributed by atoms with van der Waals surface area (Å²) in [6.07, 6.45) is 5.72. The second-order valence-electron chi connectivity index (χ2n) is 10.5. The molecule has 4 aromatic rings. The zero-order valence-corrected chi connectivity index (χ0v) is 21.4. The van der Waals surface area contributed by atoms with Gasteiger partial charge in [-0.25, -0.2) is 9.97 Å². The first-order chi connectivity index (χ1) is 18.9. The molecule has 3 aromatic heterocycles. The summed E-state index contributed by atoms with van der Waals surface area (Å²) < 4.78 is 44.7. The van der Waals surface area contributed by atoms with Crippen LogP contribution in [0.5, 0.6) is 5.75 Å². The molecule has 1 amide bonds. The third kappa shape index (κ3) is 5.05. The quantitative estimate of drug-likeness (QED) is 0.325. The third-order valence-corrected chi connectivity index (χ3v) is 8.20. The van der Waals surface area contributed by atoms with E-state index in [1.165, 1.54) is 23.1 Å². The van der Waals surface area contributed by atoms with Crippen molar-refractivity contribution in [2.24, 2.45) is 5.92 Å². The molecule has 0 aliphatic carbocycles. The van der Waals surface area contributed by atoms with Gasteiger partial charge in [0, 0.05) is 48.7 Å². The van der Waals surface area contributed by atoms with Crippen molar-refractivity contribution >= 4 is 28.3 Å². The molecule has 2 unspecified atom stereocenters. The lowest BCUT2D eigenvalue weighted by Crippen LogP contribution is -2.57. The van der Waals surface area contributed by atoms with Gasteiger partial charge in [0.1, 0.15) is 5.75 Å². The maximum Gasteiger partial charge on any atom is 0.416 e. The molecule has 5 heterocycles. The number of carbonyl (C=O) groups is 1. The minimum absolute atomic E-state index is 0.0658. The number of aromatic amines is 1. The number of likely N-dealkylation sites (tertiary alicyclic amines) is 2. The Labute approximate surface area is 224 Å². The number of hydrogen-bond acceptors (Lipinski definition) is 5. The molecule has 39 heavy (non-hydrogen) atoms. The van der Waals surface area contributed by atoms with Crippen LogP contribution in [0.25, 0.3) is 21.9 Å². The molecule has 2 aliphatic heterocycles. The number of aromatic nitrogens is 3. The van der Waals surface area contributed by atoms with Crippen LogP contribution in [0.2, 0.25) is 0 Å². The van der Waals surface area contributed by atoms with E-state index >= 15 is 0 Å². The van der Waals surface area contributed by atoms with Crippen LogP contribution in [0.4, 0.5) is 13.2 Å². The van der Waals surface area contributed by atoms with Crippen LogP contribution in [0.3, 0.4) is 0 Å². The van der Waals surface area contributed by atoms with Gasteiger partial charge >= 0.3 is 6.18 Å². The number of hydrogen-bond donors (Lipinski definition) is 1. The molecule has 7 nitrogen and oxygen atoms in total. The third-order valence-electron chi connectivity index (χ3n) is 8.20. The topological polar surface area (TPSA) is 74.3 Å². The highest BCUT2D eigenvalue weighted by molar-refractivity contribution is 6.05. The first-order valence-electron chi connectivity index (χ1n) is 13.4. The van der Waals surface area contributed by atoms with Crippen LogP contribution >= 0.6 is 0 Å². The lowest BCUT2D eigenvalue weighted by atomic mass is 9.85. The van der Waals surface area contributed by atoms with E-state index in [1.807, 2.05) is 23.4 Å². The van der Waals surface area contributed by atoms with Gasteiger partial charge in [0.05, 0.1) is 30.0 Å². The average molecular weight is 538 g/mol. The number of carbonyl (C=O) groups excluding carboxylic acids is 1. The van der Waals surface area contributed by atoms with Crippen LogP contribution in [0, 0.1) is 5.92 Å². The molecule has 0 saturated carbocycles. The van der Waals surface area contributed by atoms with Crippen molar-refractivity contribution in [2.75, 3.05) is 26.2 Å². The first kappa shape index (κ1) is 25.6.